The summed E-state index contributed by atoms with van der Waals surface area (Å²) in [7, 11) is 5.03. The molecule has 5 nitrogen and oxygen atoms in total. The maximum atomic E-state index is 6.12. The molecule has 1 heterocycles. The molecule has 3 aromatic carbocycles. The van der Waals surface area contributed by atoms with Crippen LogP contribution in [0.3, 0.4) is 0 Å². The Labute approximate surface area is 184 Å². The van der Waals surface area contributed by atoms with Gasteiger partial charge in [0.1, 0.15) is 6.61 Å². The molecule has 0 aromatic heterocycles. The van der Waals surface area contributed by atoms with Crippen LogP contribution < -0.4 is 18.9 Å². The number of benzene rings is 3. The van der Waals surface area contributed by atoms with Crippen molar-refractivity contribution in [3.8, 4) is 23.0 Å². The highest BCUT2D eigenvalue weighted by Crippen LogP contribution is 2.35. The first-order valence-corrected chi connectivity index (χ1v) is 10.5. The zero-order valence-electron chi connectivity index (χ0n) is 18.4. The molecule has 4 rings (SSSR count). The normalized spacial score (nSPS) is 13.4. The molecular formula is C26H29NO4. The Morgan fingerprint density at radius 2 is 1.42 bits per heavy atom. The Balaban J connectivity index is 1.49. The molecule has 0 bridgehead atoms. The molecule has 0 amide bonds. The lowest BCUT2D eigenvalue weighted by molar-refractivity contribution is 0.241. The summed E-state index contributed by atoms with van der Waals surface area (Å²) < 4.78 is 22.5. The molecule has 0 saturated heterocycles. The Morgan fingerprint density at radius 3 is 2.16 bits per heavy atom. The zero-order chi connectivity index (χ0) is 21.6. The van der Waals surface area contributed by atoms with Crippen LogP contribution in [0.2, 0.25) is 0 Å². The van der Waals surface area contributed by atoms with Crippen LogP contribution in [0.15, 0.2) is 60.7 Å². The number of hydrogen-bond donors (Lipinski definition) is 0. The SMILES string of the molecule is COc1ccc(CN2CCc3cc(OC)c(OCc4ccccc4)cc3C2)cc1OC. The van der Waals surface area contributed by atoms with E-state index in [0.29, 0.717) is 6.61 Å². The van der Waals surface area contributed by atoms with Gasteiger partial charge in [0.2, 0.25) is 0 Å². The number of methoxy groups -OCH3 is 3. The summed E-state index contributed by atoms with van der Waals surface area (Å²) in [6, 6.07) is 20.6. The Bertz CT molecular complexity index is 1020. The van der Waals surface area contributed by atoms with Gasteiger partial charge >= 0.3 is 0 Å². The molecule has 3 aromatic rings. The molecule has 0 spiro atoms. The first-order valence-electron chi connectivity index (χ1n) is 10.5. The van der Waals surface area contributed by atoms with Gasteiger partial charge in [-0.1, -0.05) is 36.4 Å². The van der Waals surface area contributed by atoms with Crippen LogP contribution in [0, 0.1) is 0 Å². The summed E-state index contributed by atoms with van der Waals surface area (Å²) in [4.78, 5) is 2.44. The number of hydrogen-bond acceptors (Lipinski definition) is 5. The number of nitrogens with zero attached hydrogens (tertiary/aromatic N) is 1. The van der Waals surface area contributed by atoms with Crippen molar-refractivity contribution in [1.82, 2.24) is 4.90 Å². The lowest BCUT2D eigenvalue weighted by atomic mass is 9.98. The van der Waals surface area contributed by atoms with Crippen LogP contribution in [-0.4, -0.2) is 32.8 Å². The quantitative estimate of drug-likeness (QED) is 0.522. The highest BCUT2D eigenvalue weighted by molar-refractivity contribution is 5.48. The van der Waals surface area contributed by atoms with E-state index in [2.05, 4.69) is 41.3 Å². The molecular weight excluding hydrogens is 390 g/mol. The molecule has 0 fully saturated rings. The third-order valence-electron chi connectivity index (χ3n) is 5.67. The van der Waals surface area contributed by atoms with E-state index in [1.807, 2.05) is 24.3 Å². The van der Waals surface area contributed by atoms with E-state index in [0.717, 1.165) is 54.6 Å². The summed E-state index contributed by atoms with van der Waals surface area (Å²) in [6.45, 7) is 3.24. The van der Waals surface area contributed by atoms with Gasteiger partial charge in [-0.2, -0.15) is 0 Å². The van der Waals surface area contributed by atoms with Gasteiger partial charge in [0.15, 0.2) is 23.0 Å². The molecule has 5 heteroatoms. The van der Waals surface area contributed by atoms with Gasteiger partial charge in [-0.05, 0) is 52.9 Å². The largest absolute Gasteiger partial charge is 0.493 e. The van der Waals surface area contributed by atoms with Crippen LogP contribution in [0.5, 0.6) is 23.0 Å². The standard InChI is InChI=1S/C26H29NO4/c1-28-23-10-9-20(13-24(23)29-2)16-27-12-11-21-14-25(30-3)26(15-22(21)17-27)31-18-19-7-5-4-6-8-19/h4-10,13-15H,11-12,16-18H2,1-3H3. The topological polar surface area (TPSA) is 40.2 Å². The summed E-state index contributed by atoms with van der Waals surface area (Å²) in [5.41, 5.74) is 4.95. The van der Waals surface area contributed by atoms with Gasteiger partial charge in [0.25, 0.3) is 0 Å². The fraction of sp³-hybridized carbons (Fsp3) is 0.308. The third kappa shape index (κ3) is 4.94. The molecule has 0 atom stereocenters. The molecule has 0 aliphatic carbocycles. The van der Waals surface area contributed by atoms with Gasteiger partial charge < -0.3 is 18.9 Å². The maximum absolute atomic E-state index is 6.12. The molecule has 0 saturated carbocycles. The van der Waals surface area contributed by atoms with Gasteiger partial charge in [-0.3, -0.25) is 4.90 Å². The predicted octanol–water partition coefficient (Wildman–Crippen LogP) is 4.85. The molecule has 1 aliphatic rings. The van der Waals surface area contributed by atoms with Crippen molar-refractivity contribution in [3.05, 3.63) is 82.9 Å². The number of fused-ring (bicyclic) bond motifs is 1. The first-order chi connectivity index (χ1) is 15.2. The second kappa shape index (κ2) is 9.75. The van der Waals surface area contributed by atoms with Gasteiger partial charge in [-0.15, -0.1) is 0 Å². The van der Waals surface area contributed by atoms with E-state index >= 15 is 0 Å². The summed E-state index contributed by atoms with van der Waals surface area (Å²) in [5.74, 6) is 3.10. The van der Waals surface area contributed by atoms with Crippen molar-refractivity contribution in [2.45, 2.75) is 26.1 Å². The van der Waals surface area contributed by atoms with E-state index < -0.39 is 0 Å². The Morgan fingerprint density at radius 1 is 0.710 bits per heavy atom. The lowest BCUT2D eigenvalue weighted by Gasteiger charge is -2.30. The minimum atomic E-state index is 0.519. The average Bonchev–Trinajstić information content (AvgIpc) is 2.82. The summed E-state index contributed by atoms with van der Waals surface area (Å²) in [5, 5.41) is 0. The summed E-state index contributed by atoms with van der Waals surface area (Å²) in [6.07, 6.45) is 0.984. The van der Waals surface area contributed by atoms with Crippen molar-refractivity contribution < 1.29 is 18.9 Å². The van der Waals surface area contributed by atoms with Crippen LogP contribution in [-0.2, 0) is 26.1 Å². The number of ether oxygens (including phenoxy) is 4. The zero-order valence-corrected chi connectivity index (χ0v) is 18.4. The van der Waals surface area contributed by atoms with Crippen LogP contribution in [0.4, 0.5) is 0 Å². The fourth-order valence-corrected chi connectivity index (χ4v) is 4.00. The lowest BCUT2D eigenvalue weighted by Crippen LogP contribution is -2.30. The molecule has 1 aliphatic heterocycles. The van der Waals surface area contributed by atoms with Crippen molar-refractivity contribution in [2.75, 3.05) is 27.9 Å². The average molecular weight is 420 g/mol. The molecule has 0 N–H and O–H groups in total. The van der Waals surface area contributed by atoms with Crippen LogP contribution >= 0.6 is 0 Å². The second-order valence-electron chi connectivity index (χ2n) is 7.70. The Hall–Kier alpha value is -3.18. The molecule has 31 heavy (non-hydrogen) atoms. The van der Waals surface area contributed by atoms with Crippen molar-refractivity contribution >= 4 is 0 Å². The van der Waals surface area contributed by atoms with E-state index in [9.17, 15) is 0 Å². The van der Waals surface area contributed by atoms with E-state index in [4.69, 9.17) is 18.9 Å². The maximum Gasteiger partial charge on any atom is 0.162 e. The fourth-order valence-electron chi connectivity index (χ4n) is 4.00. The van der Waals surface area contributed by atoms with Gasteiger partial charge in [-0.25, -0.2) is 0 Å². The molecule has 0 radical (unpaired) electrons. The van der Waals surface area contributed by atoms with Crippen molar-refractivity contribution in [1.29, 1.82) is 0 Å². The molecule has 0 unspecified atom stereocenters. The highest BCUT2D eigenvalue weighted by atomic mass is 16.5. The second-order valence-corrected chi connectivity index (χ2v) is 7.70. The first kappa shape index (κ1) is 21.1. The van der Waals surface area contributed by atoms with E-state index in [1.54, 1.807) is 21.3 Å². The minimum absolute atomic E-state index is 0.519. The van der Waals surface area contributed by atoms with E-state index in [-0.39, 0.29) is 0 Å². The number of rotatable bonds is 8. The van der Waals surface area contributed by atoms with Gasteiger partial charge in [0.05, 0.1) is 21.3 Å². The van der Waals surface area contributed by atoms with Crippen LogP contribution in [0.25, 0.3) is 0 Å². The van der Waals surface area contributed by atoms with Crippen molar-refractivity contribution in [3.63, 3.8) is 0 Å². The molecule has 162 valence electrons. The van der Waals surface area contributed by atoms with E-state index in [1.165, 1.54) is 16.7 Å². The smallest absolute Gasteiger partial charge is 0.162 e. The summed E-state index contributed by atoms with van der Waals surface area (Å²) >= 11 is 0. The highest BCUT2D eigenvalue weighted by Gasteiger charge is 2.20. The van der Waals surface area contributed by atoms with Gasteiger partial charge in [0, 0.05) is 19.6 Å². The third-order valence-corrected chi connectivity index (χ3v) is 5.67. The monoisotopic (exact) mass is 419 g/mol. The van der Waals surface area contributed by atoms with Crippen LogP contribution in [0.1, 0.15) is 22.3 Å². The Kier molecular flexibility index (Phi) is 6.63. The predicted molar refractivity (Wildman–Crippen MR) is 121 cm³/mol. The van der Waals surface area contributed by atoms with Crippen molar-refractivity contribution in [2.24, 2.45) is 0 Å². The minimum Gasteiger partial charge on any atom is -0.493 e.